The number of para-hydroxylation sites is 1. The number of allylic oxidation sites excluding steroid dienone is 1. The molecule has 0 radical (unpaired) electrons. The Balaban J connectivity index is 2.35. The molecule has 0 bridgehead atoms. The van der Waals surface area contributed by atoms with E-state index in [0.29, 0.717) is 6.42 Å². The third kappa shape index (κ3) is 2.04. The molecule has 0 saturated heterocycles. The second-order valence-electron chi connectivity index (χ2n) is 5.47. The predicted octanol–water partition coefficient (Wildman–Crippen LogP) is 2.01. The average molecular weight is 246 g/mol. The molecule has 0 aliphatic carbocycles. The van der Waals surface area contributed by atoms with Crippen molar-refractivity contribution in [2.24, 2.45) is 5.73 Å². The first-order valence-corrected chi connectivity index (χ1v) is 6.38. The molecule has 1 atom stereocenters. The van der Waals surface area contributed by atoms with Gasteiger partial charge in [0.15, 0.2) is 0 Å². The van der Waals surface area contributed by atoms with Crippen LogP contribution >= 0.6 is 0 Å². The van der Waals surface area contributed by atoms with E-state index in [2.05, 4.69) is 56.1 Å². The van der Waals surface area contributed by atoms with Gasteiger partial charge in [-0.3, -0.25) is 0 Å². The van der Waals surface area contributed by atoms with Gasteiger partial charge in [-0.15, -0.1) is 0 Å². The summed E-state index contributed by atoms with van der Waals surface area (Å²) in [6, 6.07) is 8.29. The van der Waals surface area contributed by atoms with Gasteiger partial charge in [0, 0.05) is 29.9 Å². The van der Waals surface area contributed by atoms with E-state index in [4.69, 9.17) is 10.8 Å². The van der Waals surface area contributed by atoms with E-state index in [1.54, 1.807) is 0 Å². The molecule has 3 N–H and O–H groups in total. The number of aliphatic hydroxyl groups is 1. The first kappa shape index (κ1) is 13.1. The Kier molecular flexibility index (Phi) is 3.46. The topological polar surface area (TPSA) is 49.5 Å². The minimum atomic E-state index is -0.176. The van der Waals surface area contributed by atoms with Crippen molar-refractivity contribution in [2.75, 3.05) is 18.6 Å². The van der Waals surface area contributed by atoms with Crippen LogP contribution in [0.3, 0.4) is 0 Å². The highest BCUT2D eigenvalue weighted by Gasteiger charge is 2.37. The average Bonchev–Trinajstić information content (AvgIpc) is 2.56. The molecule has 18 heavy (non-hydrogen) atoms. The van der Waals surface area contributed by atoms with E-state index in [-0.39, 0.29) is 18.1 Å². The lowest BCUT2D eigenvalue weighted by Gasteiger charge is -2.24. The van der Waals surface area contributed by atoms with Gasteiger partial charge >= 0.3 is 0 Å². The Morgan fingerprint density at radius 1 is 1.39 bits per heavy atom. The number of nitrogens with two attached hydrogens (primary N) is 1. The number of rotatable bonds is 3. The Labute approximate surface area is 109 Å². The number of nitrogens with zero attached hydrogens (tertiary/aromatic N) is 1. The molecule has 3 heteroatoms. The lowest BCUT2D eigenvalue weighted by atomic mass is 9.83. The van der Waals surface area contributed by atoms with Crippen LogP contribution in [0.1, 0.15) is 25.8 Å². The van der Waals surface area contributed by atoms with Crippen molar-refractivity contribution in [3.05, 3.63) is 41.6 Å². The third-order valence-electron chi connectivity index (χ3n) is 3.79. The number of hydrogen-bond donors (Lipinski definition) is 2. The van der Waals surface area contributed by atoms with Crippen molar-refractivity contribution in [2.45, 2.75) is 31.7 Å². The standard InChI is InChI=1S/C15H22N2O/c1-15(2)12-6-4-5-7-13(12)17(3)14(15)9-8-11(16)10-18/h4-7,9,11,18H,8,10,16H2,1-3H3/b14-9+. The van der Waals surface area contributed by atoms with E-state index >= 15 is 0 Å². The van der Waals surface area contributed by atoms with E-state index in [1.165, 1.54) is 16.9 Å². The lowest BCUT2D eigenvalue weighted by Crippen LogP contribution is -2.26. The molecule has 0 spiro atoms. The van der Waals surface area contributed by atoms with Crippen LogP contribution in [0.5, 0.6) is 0 Å². The quantitative estimate of drug-likeness (QED) is 0.857. The molecule has 0 saturated carbocycles. The molecular formula is C15H22N2O. The third-order valence-corrected chi connectivity index (χ3v) is 3.79. The van der Waals surface area contributed by atoms with Crippen molar-refractivity contribution in [1.82, 2.24) is 0 Å². The van der Waals surface area contributed by atoms with Gasteiger partial charge in [0.05, 0.1) is 6.61 Å². The Bertz CT molecular complexity index is 465. The summed E-state index contributed by atoms with van der Waals surface area (Å²) in [6.07, 6.45) is 2.86. The second kappa shape index (κ2) is 4.75. The first-order chi connectivity index (χ1) is 8.48. The molecule has 0 amide bonds. The summed E-state index contributed by atoms with van der Waals surface area (Å²) in [5, 5.41) is 9.01. The zero-order chi connectivity index (χ0) is 13.3. The zero-order valence-corrected chi connectivity index (χ0v) is 11.4. The highest BCUT2D eigenvalue weighted by molar-refractivity contribution is 5.69. The number of likely N-dealkylation sites (N-methyl/N-ethyl adjacent to an activating group) is 1. The fourth-order valence-electron chi connectivity index (χ4n) is 2.71. The molecule has 1 aromatic carbocycles. The van der Waals surface area contributed by atoms with Crippen LogP contribution in [0.4, 0.5) is 5.69 Å². The highest BCUT2D eigenvalue weighted by Crippen LogP contribution is 2.46. The normalized spacial score (nSPS) is 21.2. The highest BCUT2D eigenvalue weighted by atomic mass is 16.3. The van der Waals surface area contributed by atoms with Crippen molar-refractivity contribution >= 4 is 5.69 Å². The minimum absolute atomic E-state index is 0.000515. The van der Waals surface area contributed by atoms with Crippen LogP contribution in [0.15, 0.2) is 36.0 Å². The zero-order valence-electron chi connectivity index (χ0n) is 11.4. The molecular weight excluding hydrogens is 224 g/mol. The van der Waals surface area contributed by atoms with Crippen molar-refractivity contribution in [3.63, 3.8) is 0 Å². The van der Waals surface area contributed by atoms with Crippen LogP contribution in [0.2, 0.25) is 0 Å². The van der Waals surface area contributed by atoms with Crippen LogP contribution < -0.4 is 10.6 Å². The molecule has 2 rings (SSSR count). The summed E-state index contributed by atoms with van der Waals surface area (Å²) >= 11 is 0. The van der Waals surface area contributed by atoms with Crippen molar-refractivity contribution in [3.8, 4) is 0 Å². The van der Waals surface area contributed by atoms with Crippen LogP contribution in [0, 0.1) is 0 Å². The SMILES string of the molecule is CN1/C(=C/CC(N)CO)C(C)(C)c2ccccc21. The Morgan fingerprint density at radius 2 is 2.06 bits per heavy atom. The van der Waals surface area contributed by atoms with Gasteiger partial charge in [-0.1, -0.05) is 38.1 Å². The summed E-state index contributed by atoms with van der Waals surface area (Å²) in [6.45, 7) is 4.48. The maximum absolute atomic E-state index is 9.01. The van der Waals surface area contributed by atoms with Gasteiger partial charge in [-0.05, 0) is 18.1 Å². The molecule has 98 valence electrons. The predicted molar refractivity (Wildman–Crippen MR) is 75.6 cm³/mol. The Hall–Kier alpha value is -1.32. The molecule has 0 fully saturated rings. The minimum Gasteiger partial charge on any atom is -0.395 e. The van der Waals surface area contributed by atoms with Crippen LogP contribution in [-0.4, -0.2) is 24.8 Å². The first-order valence-electron chi connectivity index (χ1n) is 6.38. The van der Waals surface area contributed by atoms with E-state index in [9.17, 15) is 0 Å². The molecule has 3 nitrogen and oxygen atoms in total. The molecule has 1 heterocycles. The van der Waals surface area contributed by atoms with Gasteiger partial charge in [-0.25, -0.2) is 0 Å². The fourth-order valence-corrected chi connectivity index (χ4v) is 2.71. The number of aliphatic hydroxyl groups excluding tert-OH is 1. The van der Waals surface area contributed by atoms with E-state index in [1.807, 2.05) is 0 Å². The van der Waals surface area contributed by atoms with Crippen LogP contribution in [-0.2, 0) is 5.41 Å². The summed E-state index contributed by atoms with van der Waals surface area (Å²) in [5.74, 6) is 0. The maximum atomic E-state index is 9.01. The smallest absolute Gasteiger partial charge is 0.0585 e. The number of fused-ring (bicyclic) bond motifs is 1. The van der Waals surface area contributed by atoms with Gasteiger partial charge in [0.2, 0.25) is 0 Å². The number of anilines is 1. The molecule has 0 aromatic heterocycles. The van der Waals surface area contributed by atoms with Gasteiger partial charge in [-0.2, -0.15) is 0 Å². The van der Waals surface area contributed by atoms with Crippen molar-refractivity contribution in [1.29, 1.82) is 0 Å². The Morgan fingerprint density at radius 3 is 2.67 bits per heavy atom. The summed E-state index contributed by atoms with van der Waals surface area (Å²) < 4.78 is 0. The van der Waals surface area contributed by atoms with Gasteiger partial charge < -0.3 is 15.7 Å². The van der Waals surface area contributed by atoms with E-state index in [0.717, 1.165) is 0 Å². The number of hydrogen-bond acceptors (Lipinski definition) is 3. The molecule has 1 unspecified atom stereocenters. The maximum Gasteiger partial charge on any atom is 0.0585 e. The van der Waals surface area contributed by atoms with Gasteiger partial charge in [0.25, 0.3) is 0 Å². The summed E-state index contributed by atoms with van der Waals surface area (Å²) in [5.41, 5.74) is 9.63. The van der Waals surface area contributed by atoms with Crippen LogP contribution in [0.25, 0.3) is 0 Å². The summed E-state index contributed by atoms with van der Waals surface area (Å²) in [4.78, 5) is 2.22. The number of benzene rings is 1. The molecule has 1 aliphatic heterocycles. The second-order valence-corrected chi connectivity index (χ2v) is 5.47. The van der Waals surface area contributed by atoms with Crippen molar-refractivity contribution < 1.29 is 5.11 Å². The molecule has 1 aromatic rings. The summed E-state index contributed by atoms with van der Waals surface area (Å²) in [7, 11) is 2.09. The van der Waals surface area contributed by atoms with Gasteiger partial charge in [0.1, 0.15) is 0 Å². The monoisotopic (exact) mass is 246 g/mol. The molecule has 1 aliphatic rings. The lowest BCUT2D eigenvalue weighted by molar-refractivity contribution is 0.266. The van der Waals surface area contributed by atoms with E-state index < -0.39 is 0 Å². The fraction of sp³-hybridized carbons (Fsp3) is 0.467. The largest absolute Gasteiger partial charge is 0.395 e.